The maximum absolute atomic E-state index is 12.3. The Labute approximate surface area is 149 Å². The standard InChI is InChI=1S/C22H24O3/c1-3-20-17(9-13-21(20)22-5-4-14-25-22)8-10-18(23)15-16-6-11-19(24-2)12-7-16/h4-7,9,11-14,20H,3,8,10,15H2,1-2H3. The summed E-state index contributed by atoms with van der Waals surface area (Å²) in [5.41, 5.74) is 3.59. The lowest BCUT2D eigenvalue weighted by molar-refractivity contribution is -0.118. The molecular weight excluding hydrogens is 312 g/mol. The first-order chi connectivity index (χ1) is 12.2. The quantitative estimate of drug-likeness (QED) is 0.662. The molecule has 0 spiro atoms. The number of hydrogen-bond acceptors (Lipinski definition) is 3. The number of hydrogen-bond donors (Lipinski definition) is 0. The van der Waals surface area contributed by atoms with E-state index in [1.54, 1.807) is 13.4 Å². The molecule has 1 atom stereocenters. The summed E-state index contributed by atoms with van der Waals surface area (Å²) in [6.07, 6.45) is 8.89. The average Bonchev–Trinajstić information content (AvgIpc) is 3.29. The number of furan rings is 1. The molecule has 0 bridgehead atoms. The molecule has 0 fully saturated rings. The van der Waals surface area contributed by atoms with Crippen LogP contribution in [0.2, 0.25) is 0 Å². The number of methoxy groups -OCH3 is 1. The zero-order valence-corrected chi connectivity index (χ0v) is 14.8. The number of rotatable bonds is 8. The van der Waals surface area contributed by atoms with Crippen molar-refractivity contribution in [2.45, 2.75) is 32.6 Å². The first-order valence-electron chi connectivity index (χ1n) is 8.80. The molecular formula is C22H24O3. The van der Waals surface area contributed by atoms with Crippen LogP contribution in [0.25, 0.3) is 5.57 Å². The Hall–Kier alpha value is -2.55. The molecule has 130 valence electrons. The summed E-state index contributed by atoms with van der Waals surface area (Å²) in [5, 5.41) is 0. The van der Waals surface area contributed by atoms with Crippen LogP contribution in [0.5, 0.6) is 5.75 Å². The Morgan fingerprint density at radius 1 is 1.16 bits per heavy atom. The SMILES string of the molecule is CCC1C(CCC(=O)Cc2ccc(OC)cc2)=CC=C1c1ccco1. The number of allylic oxidation sites excluding steroid dienone is 4. The van der Waals surface area contributed by atoms with Crippen molar-refractivity contribution in [1.29, 1.82) is 0 Å². The van der Waals surface area contributed by atoms with Crippen LogP contribution in [0.4, 0.5) is 0 Å². The van der Waals surface area contributed by atoms with Gasteiger partial charge in [0.1, 0.15) is 17.3 Å². The molecule has 0 N–H and O–H groups in total. The fourth-order valence-corrected chi connectivity index (χ4v) is 3.41. The highest BCUT2D eigenvalue weighted by Gasteiger charge is 2.24. The average molecular weight is 336 g/mol. The third kappa shape index (κ3) is 4.11. The van der Waals surface area contributed by atoms with Crippen molar-refractivity contribution in [1.82, 2.24) is 0 Å². The zero-order chi connectivity index (χ0) is 17.6. The normalized spacial score (nSPS) is 16.5. The van der Waals surface area contributed by atoms with Gasteiger partial charge in [-0.3, -0.25) is 4.79 Å². The van der Waals surface area contributed by atoms with Crippen LogP contribution in [0.15, 0.2) is 64.8 Å². The van der Waals surface area contributed by atoms with Crippen LogP contribution in [0.3, 0.4) is 0 Å². The third-order valence-corrected chi connectivity index (χ3v) is 4.77. The van der Waals surface area contributed by atoms with Gasteiger partial charge in [0.2, 0.25) is 0 Å². The number of benzene rings is 1. The lowest BCUT2D eigenvalue weighted by Crippen LogP contribution is -2.07. The predicted molar refractivity (Wildman–Crippen MR) is 99.5 cm³/mol. The predicted octanol–water partition coefficient (Wildman–Crippen LogP) is 5.23. The summed E-state index contributed by atoms with van der Waals surface area (Å²) >= 11 is 0. The summed E-state index contributed by atoms with van der Waals surface area (Å²) < 4.78 is 10.7. The van der Waals surface area contributed by atoms with Crippen LogP contribution in [0, 0.1) is 5.92 Å². The van der Waals surface area contributed by atoms with Gasteiger partial charge in [0.25, 0.3) is 0 Å². The topological polar surface area (TPSA) is 39.4 Å². The minimum absolute atomic E-state index is 0.271. The van der Waals surface area contributed by atoms with Crippen molar-refractivity contribution in [2.24, 2.45) is 5.92 Å². The van der Waals surface area contributed by atoms with E-state index in [9.17, 15) is 4.79 Å². The highest BCUT2D eigenvalue weighted by atomic mass is 16.5. The second-order valence-electron chi connectivity index (χ2n) is 6.37. The molecule has 3 nitrogen and oxygen atoms in total. The second kappa shape index (κ2) is 8.02. The van der Waals surface area contributed by atoms with Crippen LogP contribution >= 0.6 is 0 Å². The van der Waals surface area contributed by atoms with E-state index >= 15 is 0 Å². The second-order valence-corrected chi connectivity index (χ2v) is 6.37. The van der Waals surface area contributed by atoms with Crippen LogP contribution in [-0.2, 0) is 11.2 Å². The highest BCUT2D eigenvalue weighted by Crippen LogP contribution is 2.38. The van der Waals surface area contributed by atoms with Gasteiger partial charge in [-0.25, -0.2) is 0 Å². The van der Waals surface area contributed by atoms with Gasteiger partial charge in [-0.15, -0.1) is 0 Å². The number of ketones is 1. The summed E-state index contributed by atoms with van der Waals surface area (Å²) in [6, 6.07) is 11.6. The maximum atomic E-state index is 12.3. The molecule has 0 saturated carbocycles. The number of Topliss-reactive ketones (excluding diaryl/α,β-unsaturated/α-hetero) is 1. The van der Waals surface area contributed by atoms with Crippen molar-refractivity contribution in [3.05, 3.63) is 71.7 Å². The van der Waals surface area contributed by atoms with Gasteiger partial charge in [0, 0.05) is 24.3 Å². The highest BCUT2D eigenvalue weighted by molar-refractivity contribution is 5.81. The minimum atomic E-state index is 0.271. The van der Waals surface area contributed by atoms with E-state index in [0.717, 1.165) is 29.9 Å². The monoisotopic (exact) mass is 336 g/mol. The molecule has 3 rings (SSSR count). The molecule has 0 saturated heterocycles. The van der Waals surface area contributed by atoms with E-state index in [-0.39, 0.29) is 5.78 Å². The Balaban J connectivity index is 1.53. The molecule has 2 aromatic rings. The number of ether oxygens (including phenoxy) is 1. The van der Waals surface area contributed by atoms with Crippen molar-refractivity contribution >= 4 is 11.4 Å². The summed E-state index contributed by atoms with van der Waals surface area (Å²) in [6.45, 7) is 2.18. The van der Waals surface area contributed by atoms with Gasteiger partial charge in [0.15, 0.2) is 0 Å². The molecule has 0 aliphatic heterocycles. The Morgan fingerprint density at radius 2 is 1.96 bits per heavy atom. The van der Waals surface area contributed by atoms with Crippen molar-refractivity contribution < 1.29 is 13.9 Å². The molecule has 0 radical (unpaired) electrons. The first kappa shape index (κ1) is 17.3. The van der Waals surface area contributed by atoms with Gasteiger partial charge >= 0.3 is 0 Å². The van der Waals surface area contributed by atoms with Gasteiger partial charge in [0.05, 0.1) is 13.4 Å². The molecule has 1 aromatic carbocycles. The summed E-state index contributed by atoms with van der Waals surface area (Å²) in [5.74, 6) is 2.38. The van der Waals surface area contributed by atoms with Gasteiger partial charge in [-0.05, 0) is 42.7 Å². The summed E-state index contributed by atoms with van der Waals surface area (Å²) in [7, 11) is 1.64. The molecule has 25 heavy (non-hydrogen) atoms. The minimum Gasteiger partial charge on any atom is -0.497 e. The van der Waals surface area contributed by atoms with E-state index in [1.807, 2.05) is 36.4 Å². The largest absolute Gasteiger partial charge is 0.497 e. The van der Waals surface area contributed by atoms with Gasteiger partial charge < -0.3 is 9.15 Å². The fourth-order valence-electron chi connectivity index (χ4n) is 3.41. The molecule has 1 heterocycles. The molecule has 1 aromatic heterocycles. The third-order valence-electron chi connectivity index (χ3n) is 4.77. The lowest BCUT2D eigenvalue weighted by Gasteiger charge is -2.16. The number of carbonyl (C=O) groups excluding carboxylic acids is 1. The van der Waals surface area contributed by atoms with Crippen LogP contribution in [-0.4, -0.2) is 12.9 Å². The van der Waals surface area contributed by atoms with Crippen molar-refractivity contribution in [3.63, 3.8) is 0 Å². The van der Waals surface area contributed by atoms with Crippen LogP contribution < -0.4 is 4.74 Å². The smallest absolute Gasteiger partial charge is 0.137 e. The fraction of sp³-hybridized carbons (Fsp3) is 0.318. The Kier molecular flexibility index (Phi) is 5.54. The molecule has 3 heteroatoms. The Morgan fingerprint density at radius 3 is 2.60 bits per heavy atom. The van der Waals surface area contributed by atoms with Gasteiger partial charge in [-0.2, -0.15) is 0 Å². The van der Waals surface area contributed by atoms with E-state index in [1.165, 1.54) is 11.1 Å². The van der Waals surface area contributed by atoms with Crippen molar-refractivity contribution in [2.75, 3.05) is 7.11 Å². The summed E-state index contributed by atoms with van der Waals surface area (Å²) in [4.78, 5) is 12.3. The van der Waals surface area contributed by atoms with Crippen LogP contribution in [0.1, 0.15) is 37.5 Å². The van der Waals surface area contributed by atoms with E-state index in [2.05, 4.69) is 19.1 Å². The van der Waals surface area contributed by atoms with E-state index in [4.69, 9.17) is 9.15 Å². The zero-order valence-electron chi connectivity index (χ0n) is 14.8. The van der Waals surface area contributed by atoms with Gasteiger partial charge in [-0.1, -0.05) is 36.8 Å². The maximum Gasteiger partial charge on any atom is 0.137 e. The number of carbonyl (C=O) groups is 1. The lowest BCUT2D eigenvalue weighted by atomic mass is 9.88. The van der Waals surface area contributed by atoms with E-state index in [0.29, 0.717) is 18.8 Å². The van der Waals surface area contributed by atoms with E-state index < -0.39 is 0 Å². The molecule has 1 aliphatic carbocycles. The molecule has 0 amide bonds. The first-order valence-corrected chi connectivity index (χ1v) is 8.80. The molecule has 1 aliphatic rings. The Bertz CT molecular complexity index is 764. The molecule has 1 unspecified atom stereocenters. The van der Waals surface area contributed by atoms with Crippen molar-refractivity contribution in [3.8, 4) is 5.75 Å².